The van der Waals surface area contributed by atoms with Gasteiger partial charge in [0.2, 0.25) is 10.1 Å². The second-order valence-electron chi connectivity index (χ2n) is 16.8. The van der Waals surface area contributed by atoms with Gasteiger partial charge in [0.05, 0.1) is 46.5 Å². The molecule has 0 unspecified atom stereocenters. The summed E-state index contributed by atoms with van der Waals surface area (Å²) in [6.07, 6.45) is -17.6. The van der Waals surface area contributed by atoms with Crippen molar-refractivity contribution >= 4 is 76.7 Å². The fourth-order valence-corrected chi connectivity index (χ4v) is 8.17. The minimum Gasteiger partial charge on any atom is -0.497 e. The van der Waals surface area contributed by atoms with E-state index in [9.17, 15) is 33.6 Å². The highest BCUT2D eigenvalue weighted by Crippen LogP contribution is 2.42. The SMILES string of the molecule is COC(=O)[C@@]1(O[C@H]2[C@@H](OC(C)=O)[C@@H](COCc3ccccc3)O[C@@H](Oc3ccc(OC)cc3)[C@@H]2OCc2ccccc2)C[C@H](OC(C)=O)[C@@H](NC(=O)OCC(Cl)(Cl)Cl)[C@H]([C@H](OC(C)=O)[C@@H](COC(C)=O)OC(C)=O)O1. The number of hydrogen-bond acceptors (Lipinski definition) is 21. The number of rotatable bonds is 23. The molecular weight excluding hydrogens is 1060 g/mol. The van der Waals surface area contributed by atoms with Gasteiger partial charge in [0.1, 0.15) is 49.1 Å². The molecule has 410 valence electrons. The Labute approximate surface area is 446 Å². The van der Waals surface area contributed by atoms with Crippen molar-refractivity contribution in [3.05, 3.63) is 96.1 Å². The lowest BCUT2D eigenvalue weighted by Gasteiger charge is -2.51. The Kier molecular flexibility index (Phi) is 22.5. The van der Waals surface area contributed by atoms with Crippen LogP contribution in [0.3, 0.4) is 0 Å². The Balaban J connectivity index is 1.76. The lowest BCUT2D eigenvalue weighted by molar-refractivity contribution is -0.369. The molecule has 0 saturated carbocycles. The van der Waals surface area contributed by atoms with Crippen LogP contribution >= 0.6 is 34.8 Å². The van der Waals surface area contributed by atoms with Crippen LogP contribution < -0.4 is 14.8 Å². The van der Waals surface area contributed by atoms with Crippen LogP contribution in [0.2, 0.25) is 0 Å². The quantitative estimate of drug-likeness (QED) is 0.0708. The zero-order valence-electron chi connectivity index (χ0n) is 41.8. The van der Waals surface area contributed by atoms with Crippen molar-refractivity contribution in [3.63, 3.8) is 0 Å². The maximum atomic E-state index is 14.9. The molecule has 5 rings (SSSR count). The van der Waals surface area contributed by atoms with Gasteiger partial charge in [-0.05, 0) is 35.4 Å². The summed E-state index contributed by atoms with van der Waals surface area (Å²) in [7, 11) is 2.44. The maximum absolute atomic E-state index is 14.9. The molecule has 0 bridgehead atoms. The van der Waals surface area contributed by atoms with Crippen molar-refractivity contribution in [3.8, 4) is 11.5 Å². The van der Waals surface area contributed by atoms with Crippen LogP contribution in [0.25, 0.3) is 0 Å². The predicted molar refractivity (Wildman–Crippen MR) is 260 cm³/mol. The number of alkyl carbamates (subject to hydrolysis) is 1. The summed E-state index contributed by atoms with van der Waals surface area (Å²) in [5.74, 6) is -8.37. The highest BCUT2D eigenvalue weighted by atomic mass is 35.6. The number of carbonyl (C=O) groups is 7. The first kappa shape index (κ1) is 59.9. The average molecular weight is 1120 g/mol. The van der Waals surface area contributed by atoms with E-state index >= 15 is 0 Å². The normalized spacial score (nSPS) is 24.2. The van der Waals surface area contributed by atoms with E-state index in [2.05, 4.69) is 5.32 Å². The number of benzene rings is 3. The van der Waals surface area contributed by atoms with E-state index in [0.29, 0.717) is 11.3 Å². The molecule has 25 heteroatoms. The lowest BCUT2D eigenvalue weighted by Crippen LogP contribution is -2.72. The van der Waals surface area contributed by atoms with E-state index in [1.807, 2.05) is 30.3 Å². The van der Waals surface area contributed by atoms with Gasteiger partial charge in [-0.2, -0.15) is 0 Å². The molecule has 0 radical (unpaired) electrons. The topological polar surface area (TPSA) is 261 Å². The third-order valence-electron chi connectivity index (χ3n) is 11.0. The number of methoxy groups -OCH3 is 2. The molecular formula is C50H58Cl3NO21. The lowest BCUT2D eigenvalue weighted by atomic mass is 9.87. The number of nitrogens with one attached hydrogen (secondary N) is 1. The van der Waals surface area contributed by atoms with Gasteiger partial charge in [-0.1, -0.05) is 95.5 Å². The Morgan fingerprint density at radius 1 is 0.707 bits per heavy atom. The monoisotopic (exact) mass is 1110 g/mol. The van der Waals surface area contributed by atoms with Crippen molar-refractivity contribution in [1.82, 2.24) is 5.32 Å². The Hall–Kier alpha value is -5.98. The first-order valence-electron chi connectivity index (χ1n) is 23.1. The minimum atomic E-state index is -2.92. The summed E-state index contributed by atoms with van der Waals surface area (Å²) in [5.41, 5.74) is 1.40. The van der Waals surface area contributed by atoms with Crippen LogP contribution in [0, 0.1) is 0 Å². The third-order valence-corrected chi connectivity index (χ3v) is 11.3. The number of amides is 1. The summed E-state index contributed by atoms with van der Waals surface area (Å²) >= 11 is 17.6. The van der Waals surface area contributed by atoms with E-state index in [4.69, 9.17) is 101 Å². The van der Waals surface area contributed by atoms with E-state index < -0.39 is 132 Å². The van der Waals surface area contributed by atoms with Gasteiger partial charge >= 0.3 is 41.9 Å². The predicted octanol–water partition coefficient (Wildman–Crippen LogP) is 5.40. The summed E-state index contributed by atoms with van der Waals surface area (Å²) in [4.78, 5) is 93.0. The summed E-state index contributed by atoms with van der Waals surface area (Å²) in [6, 6.07) is 22.5. The average Bonchev–Trinajstić information content (AvgIpc) is 3.35. The van der Waals surface area contributed by atoms with Gasteiger partial charge in [-0.15, -0.1) is 0 Å². The Bertz CT molecular complexity index is 2380. The number of alkyl halides is 3. The van der Waals surface area contributed by atoms with Gasteiger partial charge in [0.25, 0.3) is 5.79 Å². The number of hydrogen-bond donors (Lipinski definition) is 1. The standard InChI is InChI=1S/C50H58Cl3NO21/c1-28(55)65-26-39(69-30(3)57)41(70-31(4)58)43-40(54-48(61)67-27-50(51,52)53)37(68-29(2)56)22-49(74-43,47(60)63-7)75-44-42(71-32(5)59)38(25-64-23-33-14-10-8-11-15-33)73-46(72-36-20-18-35(62-6)19-21-36)45(44)66-24-34-16-12-9-13-17-34/h8-21,37-46H,22-27H2,1-7H3,(H,54,61)/t37-,38+,39+,40+,41+,42-,43+,44-,45+,46+,49-/m0/s1. The molecule has 2 aliphatic rings. The largest absolute Gasteiger partial charge is 0.497 e. The molecule has 11 atom stereocenters. The number of halogens is 3. The van der Waals surface area contributed by atoms with Crippen LogP contribution in [0.5, 0.6) is 11.5 Å². The summed E-state index contributed by atoms with van der Waals surface area (Å²) < 4.78 is 81.6. The highest BCUT2D eigenvalue weighted by molar-refractivity contribution is 6.67. The molecule has 22 nitrogen and oxygen atoms in total. The molecule has 75 heavy (non-hydrogen) atoms. The Morgan fingerprint density at radius 3 is 1.85 bits per heavy atom. The van der Waals surface area contributed by atoms with Crippen molar-refractivity contribution in [2.45, 2.75) is 125 Å². The van der Waals surface area contributed by atoms with Gasteiger partial charge in [0.15, 0.2) is 24.4 Å². The van der Waals surface area contributed by atoms with Crippen molar-refractivity contribution in [2.75, 3.05) is 34.0 Å². The van der Waals surface area contributed by atoms with Crippen molar-refractivity contribution < 1.29 is 99.9 Å². The van der Waals surface area contributed by atoms with Gasteiger partial charge in [0, 0.05) is 34.6 Å². The third kappa shape index (κ3) is 18.4. The van der Waals surface area contributed by atoms with Crippen molar-refractivity contribution in [1.29, 1.82) is 0 Å². The molecule has 2 fully saturated rings. The first-order chi connectivity index (χ1) is 35.6. The smallest absolute Gasteiger partial charge is 0.407 e. The molecule has 2 saturated heterocycles. The van der Waals surface area contributed by atoms with Crippen LogP contribution in [0.1, 0.15) is 52.2 Å². The zero-order chi connectivity index (χ0) is 54.9. The second kappa shape index (κ2) is 28.2. The molecule has 2 heterocycles. The molecule has 0 aliphatic carbocycles. The van der Waals surface area contributed by atoms with Crippen LogP contribution in [0.4, 0.5) is 4.79 Å². The highest BCUT2D eigenvalue weighted by Gasteiger charge is 2.63. The molecule has 1 amide bonds. The summed E-state index contributed by atoms with van der Waals surface area (Å²) in [6.45, 7) is 3.00. The summed E-state index contributed by atoms with van der Waals surface area (Å²) in [5, 5.41) is 2.44. The van der Waals surface area contributed by atoms with Crippen molar-refractivity contribution in [2.24, 2.45) is 0 Å². The molecule has 3 aromatic carbocycles. The molecule has 2 aliphatic heterocycles. The Morgan fingerprint density at radius 2 is 1.31 bits per heavy atom. The number of carbonyl (C=O) groups excluding carboxylic acids is 7. The maximum Gasteiger partial charge on any atom is 0.407 e. The van der Waals surface area contributed by atoms with Gasteiger partial charge in [-0.25, -0.2) is 9.59 Å². The number of esters is 6. The minimum absolute atomic E-state index is 0.0464. The fraction of sp³-hybridized carbons (Fsp3) is 0.500. The second-order valence-corrected chi connectivity index (χ2v) is 19.3. The van der Waals surface area contributed by atoms with Gasteiger partial charge in [-0.3, -0.25) is 24.0 Å². The van der Waals surface area contributed by atoms with E-state index in [-0.39, 0.29) is 25.6 Å². The van der Waals surface area contributed by atoms with Crippen LogP contribution in [-0.4, -0.2) is 147 Å². The van der Waals surface area contributed by atoms with E-state index in [1.165, 1.54) is 7.11 Å². The molecule has 0 aromatic heterocycles. The first-order valence-corrected chi connectivity index (χ1v) is 24.2. The van der Waals surface area contributed by atoms with Gasteiger partial charge < -0.3 is 71.6 Å². The zero-order valence-corrected chi connectivity index (χ0v) is 44.1. The van der Waals surface area contributed by atoms with Crippen LogP contribution in [0.15, 0.2) is 84.9 Å². The van der Waals surface area contributed by atoms with E-state index in [0.717, 1.165) is 47.3 Å². The van der Waals surface area contributed by atoms with E-state index in [1.54, 1.807) is 54.6 Å². The molecule has 0 spiro atoms. The molecule has 1 N–H and O–H groups in total. The van der Waals surface area contributed by atoms with Crippen LogP contribution in [-0.2, 0) is 98.8 Å². The number of ether oxygens (including phenoxy) is 14. The fourth-order valence-electron chi connectivity index (χ4n) is 8.00. The molecule has 3 aromatic rings.